The van der Waals surface area contributed by atoms with Gasteiger partial charge in [-0.25, -0.2) is 9.97 Å². The van der Waals surface area contributed by atoms with Gasteiger partial charge in [-0.15, -0.1) is 0 Å². The maximum Gasteiger partial charge on any atom is 0.417 e. The second-order valence-electron chi connectivity index (χ2n) is 6.39. The molecule has 150 valence electrons. The molecule has 0 radical (unpaired) electrons. The van der Waals surface area contributed by atoms with Gasteiger partial charge in [0.1, 0.15) is 5.82 Å². The molecular weight excluding hydrogens is 377 g/mol. The van der Waals surface area contributed by atoms with E-state index < -0.39 is 11.7 Å². The molecule has 0 aliphatic carbocycles. The molecule has 2 N–H and O–H groups in total. The predicted octanol–water partition coefficient (Wildman–Crippen LogP) is 5.75. The Labute approximate surface area is 167 Å². The van der Waals surface area contributed by atoms with E-state index in [0.29, 0.717) is 22.4 Å². The Hall–Kier alpha value is -3.35. The quantitative estimate of drug-likeness (QED) is 0.393. The van der Waals surface area contributed by atoms with E-state index in [9.17, 15) is 13.2 Å². The van der Waals surface area contributed by atoms with E-state index >= 15 is 0 Å². The first-order valence-electron chi connectivity index (χ1n) is 9.19. The Bertz CT molecular complexity index is 1040. The molecule has 3 rings (SSSR count). The maximum absolute atomic E-state index is 13.5. The van der Waals surface area contributed by atoms with Gasteiger partial charge < -0.3 is 10.6 Å². The number of para-hydroxylation sites is 1. The van der Waals surface area contributed by atoms with Crippen molar-refractivity contribution >= 4 is 16.7 Å². The Kier molecular flexibility index (Phi) is 6.16. The molecule has 0 bridgehead atoms. The van der Waals surface area contributed by atoms with E-state index in [2.05, 4.69) is 34.1 Å². The summed E-state index contributed by atoms with van der Waals surface area (Å²) < 4.78 is 40.4. The van der Waals surface area contributed by atoms with Gasteiger partial charge in [0.2, 0.25) is 0 Å². The van der Waals surface area contributed by atoms with E-state index in [1.165, 1.54) is 18.2 Å². The molecule has 0 aliphatic rings. The molecule has 0 aliphatic heterocycles. The highest BCUT2D eigenvalue weighted by Gasteiger charge is 2.34. The van der Waals surface area contributed by atoms with Crippen molar-refractivity contribution in [2.75, 3.05) is 11.9 Å². The summed E-state index contributed by atoms with van der Waals surface area (Å²) in [6.07, 6.45) is -0.00278. The van der Waals surface area contributed by atoms with Gasteiger partial charge in [-0.05, 0) is 36.9 Å². The lowest BCUT2D eigenvalue weighted by molar-refractivity contribution is -0.137. The molecule has 0 unspecified atom stereocenters. The summed E-state index contributed by atoms with van der Waals surface area (Å²) >= 11 is 0. The molecule has 2 aromatic carbocycles. The molecule has 29 heavy (non-hydrogen) atoms. The summed E-state index contributed by atoms with van der Waals surface area (Å²) in [6, 6.07) is 12.4. The van der Waals surface area contributed by atoms with E-state index in [1.54, 1.807) is 24.4 Å². The number of hydrogen-bond acceptors (Lipinski definition) is 4. The van der Waals surface area contributed by atoms with Crippen LogP contribution in [0.15, 0.2) is 73.1 Å². The molecular formula is C22H21F3N4. The van der Waals surface area contributed by atoms with Crippen LogP contribution in [0.1, 0.15) is 18.9 Å². The SMILES string of the molecule is C=C(/C=C\NCCC)Nc1nc(-c2ccccc2C(F)(F)F)nc2ccccc12. The van der Waals surface area contributed by atoms with Crippen LogP contribution in [0.5, 0.6) is 0 Å². The number of aromatic nitrogens is 2. The molecule has 0 amide bonds. The van der Waals surface area contributed by atoms with Crippen molar-refractivity contribution in [1.82, 2.24) is 15.3 Å². The highest BCUT2D eigenvalue weighted by atomic mass is 19.4. The number of alkyl halides is 3. The van der Waals surface area contributed by atoms with Gasteiger partial charge in [0, 0.05) is 23.2 Å². The normalized spacial score (nSPS) is 11.7. The van der Waals surface area contributed by atoms with Crippen LogP contribution in [-0.2, 0) is 6.18 Å². The Morgan fingerprint density at radius 2 is 1.79 bits per heavy atom. The Balaban J connectivity index is 2.04. The molecule has 1 heterocycles. The molecule has 0 saturated heterocycles. The van der Waals surface area contributed by atoms with E-state index in [-0.39, 0.29) is 11.4 Å². The number of hydrogen-bond donors (Lipinski definition) is 2. The predicted molar refractivity (Wildman–Crippen MR) is 110 cm³/mol. The van der Waals surface area contributed by atoms with Crippen molar-refractivity contribution in [3.63, 3.8) is 0 Å². The zero-order valence-corrected chi connectivity index (χ0v) is 15.9. The van der Waals surface area contributed by atoms with Gasteiger partial charge in [0.15, 0.2) is 5.82 Å². The van der Waals surface area contributed by atoms with Gasteiger partial charge in [-0.2, -0.15) is 13.2 Å². The lowest BCUT2D eigenvalue weighted by atomic mass is 10.1. The van der Waals surface area contributed by atoms with Crippen LogP contribution in [0.2, 0.25) is 0 Å². The third kappa shape index (κ3) is 4.93. The summed E-state index contributed by atoms with van der Waals surface area (Å²) in [6.45, 7) is 6.82. The van der Waals surface area contributed by atoms with E-state index in [1.807, 2.05) is 12.1 Å². The smallest absolute Gasteiger partial charge is 0.391 e. The molecule has 7 heteroatoms. The number of fused-ring (bicyclic) bond motifs is 1. The molecule has 4 nitrogen and oxygen atoms in total. The van der Waals surface area contributed by atoms with Crippen molar-refractivity contribution in [2.24, 2.45) is 0 Å². The first-order chi connectivity index (χ1) is 13.9. The van der Waals surface area contributed by atoms with Gasteiger partial charge in [-0.1, -0.05) is 43.8 Å². The third-order valence-corrected chi connectivity index (χ3v) is 4.15. The van der Waals surface area contributed by atoms with Gasteiger partial charge in [0.05, 0.1) is 11.1 Å². The number of halogens is 3. The minimum Gasteiger partial charge on any atom is -0.391 e. The monoisotopic (exact) mass is 398 g/mol. The van der Waals surface area contributed by atoms with E-state index in [0.717, 1.165) is 19.0 Å². The summed E-state index contributed by atoms with van der Waals surface area (Å²) in [7, 11) is 0. The standard InChI is InChI=1S/C22H21F3N4/c1-3-13-26-14-12-15(2)27-21-17-9-5-7-11-19(17)28-20(29-21)16-8-4-6-10-18(16)22(23,24)25/h4-12,14,26H,2-3,13H2,1H3,(H,27,28,29)/b14-12-. The number of anilines is 1. The minimum absolute atomic E-state index is 0.0000116. The number of nitrogens with zero attached hydrogens (tertiary/aromatic N) is 2. The maximum atomic E-state index is 13.5. The largest absolute Gasteiger partial charge is 0.417 e. The summed E-state index contributed by atoms with van der Waals surface area (Å²) in [4.78, 5) is 8.76. The number of benzene rings is 2. The first-order valence-corrected chi connectivity index (χ1v) is 9.19. The Morgan fingerprint density at radius 1 is 1.07 bits per heavy atom. The fourth-order valence-corrected chi connectivity index (χ4v) is 2.80. The van der Waals surface area contributed by atoms with Crippen LogP contribution in [0, 0.1) is 0 Å². The number of nitrogens with one attached hydrogen (secondary N) is 2. The van der Waals surface area contributed by atoms with Crippen LogP contribution in [0.25, 0.3) is 22.3 Å². The van der Waals surface area contributed by atoms with Crippen molar-refractivity contribution in [1.29, 1.82) is 0 Å². The van der Waals surface area contributed by atoms with Crippen LogP contribution < -0.4 is 10.6 Å². The van der Waals surface area contributed by atoms with Crippen molar-refractivity contribution < 1.29 is 13.2 Å². The third-order valence-electron chi connectivity index (χ3n) is 4.15. The molecule has 1 aromatic heterocycles. The van der Waals surface area contributed by atoms with Crippen molar-refractivity contribution in [3.8, 4) is 11.4 Å². The second kappa shape index (κ2) is 8.77. The van der Waals surface area contributed by atoms with Crippen molar-refractivity contribution in [3.05, 3.63) is 78.6 Å². The summed E-state index contributed by atoms with van der Waals surface area (Å²) in [5, 5.41) is 6.88. The lowest BCUT2D eigenvalue weighted by Gasteiger charge is -2.14. The second-order valence-corrected chi connectivity index (χ2v) is 6.39. The zero-order chi connectivity index (χ0) is 20.9. The van der Waals surface area contributed by atoms with Crippen molar-refractivity contribution in [2.45, 2.75) is 19.5 Å². The number of rotatable bonds is 7. The molecule has 0 fully saturated rings. The van der Waals surface area contributed by atoms with E-state index in [4.69, 9.17) is 0 Å². The molecule has 3 aromatic rings. The lowest BCUT2D eigenvalue weighted by Crippen LogP contribution is -2.09. The highest BCUT2D eigenvalue weighted by molar-refractivity contribution is 5.91. The average molecular weight is 398 g/mol. The molecule has 0 saturated carbocycles. The van der Waals surface area contributed by atoms with Gasteiger partial charge in [-0.3, -0.25) is 0 Å². The fourth-order valence-electron chi connectivity index (χ4n) is 2.80. The average Bonchev–Trinajstić information content (AvgIpc) is 2.70. The highest BCUT2D eigenvalue weighted by Crippen LogP contribution is 2.36. The molecule has 0 atom stereocenters. The fraction of sp³-hybridized carbons (Fsp3) is 0.182. The van der Waals surface area contributed by atoms with Crippen LogP contribution in [0.3, 0.4) is 0 Å². The summed E-state index contributed by atoms with van der Waals surface area (Å²) in [5.41, 5.74) is 0.244. The zero-order valence-electron chi connectivity index (χ0n) is 15.9. The number of allylic oxidation sites excluding steroid dienone is 1. The summed E-state index contributed by atoms with van der Waals surface area (Å²) in [5.74, 6) is 0.396. The first kappa shape index (κ1) is 20.4. The van der Waals surface area contributed by atoms with Crippen LogP contribution >= 0.6 is 0 Å². The Morgan fingerprint density at radius 3 is 2.55 bits per heavy atom. The van der Waals surface area contributed by atoms with Crippen LogP contribution in [-0.4, -0.2) is 16.5 Å². The topological polar surface area (TPSA) is 49.8 Å². The van der Waals surface area contributed by atoms with Gasteiger partial charge >= 0.3 is 6.18 Å². The molecule has 0 spiro atoms. The van der Waals surface area contributed by atoms with Gasteiger partial charge in [0.25, 0.3) is 0 Å². The minimum atomic E-state index is -4.50. The van der Waals surface area contributed by atoms with Crippen LogP contribution in [0.4, 0.5) is 19.0 Å².